The van der Waals surface area contributed by atoms with Crippen LogP contribution in [0.3, 0.4) is 0 Å². The maximum Gasteiger partial charge on any atom is 0.371 e. The fourth-order valence-electron chi connectivity index (χ4n) is 2.86. The Labute approximate surface area is 128 Å². The summed E-state index contributed by atoms with van der Waals surface area (Å²) < 4.78 is 5.19. The van der Waals surface area contributed by atoms with E-state index in [1.807, 2.05) is 32.9 Å². The second-order valence-corrected chi connectivity index (χ2v) is 5.48. The normalized spacial score (nSPS) is 12.1. The van der Waals surface area contributed by atoms with Gasteiger partial charge in [0, 0.05) is 6.42 Å². The molecule has 2 rings (SSSR count). The maximum absolute atomic E-state index is 11.7. The van der Waals surface area contributed by atoms with Crippen molar-refractivity contribution in [2.45, 2.75) is 33.1 Å². The first-order valence-electron chi connectivity index (χ1n) is 6.92. The van der Waals surface area contributed by atoms with Crippen LogP contribution in [0.2, 0.25) is 0 Å². The zero-order chi connectivity index (χ0) is 16.4. The van der Waals surface area contributed by atoms with Gasteiger partial charge in [-0.25, -0.2) is 4.79 Å². The van der Waals surface area contributed by atoms with E-state index >= 15 is 0 Å². The summed E-state index contributed by atoms with van der Waals surface area (Å²) in [7, 11) is 0. The number of aryl methyl sites for hydroxylation is 3. The molecule has 0 amide bonds. The predicted octanol–water partition coefficient (Wildman–Crippen LogP) is 3.31. The monoisotopic (exact) mass is 302 g/mol. The van der Waals surface area contributed by atoms with E-state index in [2.05, 4.69) is 0 Å². The van der Waals surface area contributed by atoms with Gasteiger partial charge in [-0.05, 0) is 49.6 Å². The van der Waals surface area contributed by atoms with Crippen molar-refractivity contribution in [2.75, 3.05) is 0 Å². The quantitative estimate of drug-likeness (QED) is 0.884. The molecule has 0 saturated heterocycles. The zero-order valence-corrected chi connectivity index (χ0v) is 12.7. The summed E-state index contributed by atoms with van der Waals surface area (Å²) in [6.07, 6.45) is 0.118. The van der Waals surface area contributed by atoms with Gasteiger partial charge in [-0.2, -0.15) is 0 Å². The Bertz CT molecular complexity index is 703. The lowest BCUT2D eigenvalue weighted by molar-refractivity contribution is -0.138. The Morgan fingerprint density at radius 1 is 1.09 bits per heavy atom. The topological polar surface area (TPSA) is 87.7 Å². The van der Waals surface area contributed by atoms with E-state index < -0.39 is 17.9 Å². The van der Waals surface area contributed by atoms with Crippen LogP contribution in [-0.2, 0) is 11.2 Å². The van der Waals surface area contributed by atoms with Crippen LogP contribution in [0.15, 0.2) is 28.7 Å². The van der Waals surface area contributed by atoms with Crippen molar-refractivity contribution in [1.29, 1.82) is 0 Å². The molecular formula is C17H18O5. The molecular weight excluding hydrogens is 284 g/mol. The van der Waals surface area contributed by atoms with E-state index in [1.165, 1.54) is 12.1 Å². The van der Waals surface area contributed by atoms with Crippen LogP contribution < -0.4 is 0 Å². The average molecular weight is 302 g/mol. The average Bonchev–Trinajstić information content (AvgIpc) is 2.85. The van der Waals surface area contributed by atoms with Gasteiger partial charge in [0.05, 0.1) is 5.92 Å². The highest BCUT2D eigenvalue weighted by Crippen LogP contribution is 2.29. The Morgan fingerprint density at radius 2 is 1.68 bits per heavy atom. The molecule has 1 unspecified atom stereocenters. The minimum absolute atomic E-state index is 0.118. The van der Waals surface area contributed by atoms with Crippen molar-refractivity contribution in [2.24, 2.45) is 0 Å². The highest BCUT2D eigenvalue weighted by molar-refractivity contribution is 5.84. The second kappa shape index (κ2) is 6.05. The number of hydrogen-bond donors (Lipinski definition) is 2. The first-order chi connectivity index (χ1) is 10.3. The molecule has 22 heavy (non-hydrogen) atoms. The van der Waals surface area contributed by atoms with Crippen molar-refractivity contribution in [3.8, 4) is 0 Å². The molecule has 116 valence electrons. The van der Waals surface area contributed by atoms with Crippen molar-refractivity contribution in [3.05, 3.63) is 58.0 Å². The van der Waals surface area contributed by atoms with Crippen molar-refractivity contribution in [3.63, 3.8) is 0 Å². The molecule has 0 fully saturated rings. The molecule has 0 radical (unpaired) electrons. The summed E-state index contributed by atoms with van der Waals surface area (Å²) in [5, 5.41) is 18.4. The molecule has 0 aliphatic rings. The lowest BCUT2D eigenvalue weighted by Crippen LogP contribution is -2.17. The first kappa shape index (κ1) is 15.8. The van der Waals surface area contributed by atoms with Gasteiger partial charge in [-0.1, -0.05) is 17.7 Å². The van der Waals surface area contributed by atoms with Crippen molar-refractivity contribution < 1.29 is 24.2 Å². The Kier molecular flexibility index (Phi) is 4.35. The van der Waals surface area contributed by atoms with Gasteiger partial charge in [0.1, 0.15) is 5.76 Å². The summed E-state index contributed by atoms with van der Waals surface area (Å²) >= 11 is 0. The first-order valence-corrected chi connectivity index (χ1v) is 6.92. The summed E-state index contributed by atoms with van der Waals surface area (Å²) in [5.41, 5.74) is 3.66. The second-order valence-electron chi connectivity index (χ2n) is 5.48. The van der Waals surface area contributed by atoms with Gasteiger partial charge < -0.3 is 14.6 Å². The summed E-state index contributed by atoms with van der Waals surface area (Å²) in [4.78, 5) is 22.5. The number of carbonyl (C=O) groups is 2. The molecule has 1 heterocycles. The fourth-order valence-corrected chi connectivity index (χ4v) is 2.86. The molecule has 5 nitrogen and oxygen atoms in total. The Balaban J connectivity index is 2.39. The van der Waals surface area contributed by atoms with Gasteiger partial charge in [0.2, 0.25) is 5.76 Å². The van der Waals surface area contributed by atoms with Crippen LogP contribution in [0.25, 0.3) is 0 Å². The summed E-state index contributed by atoms with van der Waals surface area (Å²) in [5.74, 6) is -2.72. The van der Waals surface area contributed by atoms with Gasteiger partial charge in [0.25, 0.3) is 0 Å². The van der Waals surface area contributed by atoms with Crippen LogP contribution in [0.5, 0.6) is 0 Å². The predicted molar refractivity (Wildman–Crippen MR) is 80.4 cm³/mol. The molecule has 0 saturated carbocycles. The van der Waals surface area contributed by atoms with Crippen LogP contribution in [-0.4, -0.2) is 22.2 Å². The lowest BCUT2D eigenvalue weighted by atomic mass is 9.87. The van der Waals surface area contributed by atoms with Crippen LogP contribution in [0, 0.1) is 20.8 Å². The number of aromatic carboxylic acids is 1. The Hall–Kier alpha value is -2.56. The summed E-state index contributed by atoms with van der Waals surface area (Å²) in [6.45, 7) is 5.73. The molecule has 2 aromatic rings. The molecule has 0 aliphatic heterocycles. The molecule has 2 N–H and O–H groups in total. The maximum atomic E-state index is 11.7. The Morgan fingerprint density at radius 3 is 2.14 bits per heavy atom. The van der Waals surface area contributed by atoms with Gasteiger partial charge in [0.15, 0.2) is 0 Å². The van der Waals surface area contributed by atoms with Gasteiger partial charge in [-0.15, -0.1) is 0 Å². The molecule has 5 heteroatoms. The van der Waals surface area contributed by atoms with Crippen molar-refractivity contribution >= 4 is 11.9 Å². The smallest absolute Gasteiger partial charge is 0.371 e. The minimum Gasteiger partial charge on any atom is -0.481 e. The fraction of sp³-hybridized carbons (Fsp3) is 0.294. The van der Waals surface area contributed by atoms with E-state index in [-0.39, 0.29) is 12.2 Å². The third-order valence-corrected chi connectivity index (χ3v) is 3.66. The number of carboxylic acid groups (broad SMARTS) is 2. The van der Waals surface area contributed by atoms with Crippen LogP contribution in [0.1, 0.15) is 44.5 Å². The van der Waals surface area contributed by atoms with Crippen LogP contribution >= 0.6 is 0 Å². The van der Waals surface area contributed by atoms with E-state index in [0.717, 1.165) is 22.3 Å². The minimum atomic E-state index is -1.17. The zero-order valence-electron chi connectivity index (χ0n) is 12.7. The largest absolute Gasteiger partial charge is 0.481 e. The summed E-state index contributed by atoms with van der Waals surface area (Å²) in [6, 6.07) is 6.75. The third kappa shape index (κ3) is 3.19. The molecule has 0 aliphatic carbocycles. The third-order valence-electron chi connectivity index (χ3n) is 3.66. The number of aliphatic carboxylic acids is 1. The molecule has 0 spiro atoms. The van der Waals surface area contributed by atoms with Gasteiger partial charge >= 0.3 is 11.9 Å². The van der Waals surface area contributed by atoms with Crippen molar-refractivity contribution in [1.82, 2.24) is 0 Å². The van der Waals surface area contributed by atoms with E-state index in [9.17, 15) is 14.7 Å². The molecule has 1 atom stereocenters. The number of rotatable bonds is 5. The van der Waals surface area contributed by atoms with E-state index in [0.29, 0.717) is 5.76 Å². The number of benzene rings is 1. The molecule has 0 bridgehead atoms. The SMILES string of the molecule is Cc1cc(C)c(C(Cc2ccc(C(=O)O)o2)C(=O)O)c(C)c1. The van der Waals surface area contributed by atoms with E-state index in [4.69, 9.17) is 9.52 Å². The van der Waals surface area contributed by atoms with Gasteiger partial charge in [-0.3, -0.25) is 4.79 Å². The number of hydrogen-bond acceptors (Lipinski definition) is 3. The van der Waals surface area contributed by atoms with Crippen LogP contribution in [0.4, 0.5) is 0 Å². The lowest BCUT2D eigenvalue weighted by Gasteiger charge is -2.18. The van der Waals surface area contributed by atoms with E-state index in [1.54, 1.807) is 0 Å². The molecule has 1 aromatic heterocycles. The number of furan rings is 1. The highest BCUT2D eigenvalue weighted by Gasteiger charge is 2.26. The number of carboxylic acids is 2. The molecule has 1 aromatic carbocycles. The highest BCUT2D eigenvalue weighted by atomic mass is 16.4. The standard InChI is InChI=1S/C17H18O5/c1-9-6-10(2)15(11(3)7-9)13(16(18)19)8-12-4-5-14(22-12)17(20)21/h4-7,13H,8H2,1-3H3,(H,18,19)(H,20,21).